The highest BCUT2D eigenvalue weighted by Gasteiger charge is 2.42. The molecule has 1 amide bonds. The molecule has 0 radical (unpaired) electrons. The number of likely N-dealkylation sites (tertiary alicyclic amines) is 1. The van der Waals surface area contributed by atoms with Gasteiger partial charge in [0.05, 0.1) is 35.9 Å². The fourth-order valence-corrected chi connectivity index (χ4v) is 8.80. The van der Waals surface area contributed by atoms with Gasteiger partial charge in [-0.05, 0) is 67.1 Å². The number of ketones is 2. The lowest BCUT2D eigenvalue weighted by Gasteiger charge is -2.25. The third-order valence-corrected chi connectivity index (χ3v) is 12.0. The van der Waals surface area contributed by atoms with Crippen LogP contribution in [-0.2, 0) is 40.3 Å². The number of ether oxygens (including phenoxy) is 1. The van der Waals surface area contributed by atoms with Gasteiger partial charge < -0.3 is 19.8 Å². The van der Waals surface area contributed by atoms with Crippen molar-refractivity contribution in [3.05, 3.63) is 116 Å². The number of nitrogens with zero attached hydrogens (tertiary/aromatic N) is 3. The molecule has 2 aromatic heterocycles. The molecule has 11 heteroatoms. The van der Waals surface area contributed by atoms with Crippen molar-refractivity contribution in [1.29, 1.82) is 0 Å². The van der Waals surface area contributed by atoms with Gasteiger partial charge in [-0.2, -0.15) is 0 Å². The van der Waals surface area contributed by atoms with Crippen molar-refractivity contribution < 1.29 is 23.5 Å². The standard InChI is InChI=1S/C42H45ClN4O5S/c1-26-35(46-42(53-26)30-7-3-2-4-8-30)22-39(49)47-24-33(51-25-29-15-17-32(43)18-16-29)21-36(47)37(48)20-31(19-27-11-13-28(23-44)14-12-27)40(50)41-45-34-9-5-6-10-38(34)52-41/h5-6,9-18,30-31,33,36H,2-4,7-8,19-25,44H2,1H3/t31-,33-,36+/m1/s1. The van der Waals surface area contributed by atoms with E-state index in [0.29, 0.717) is 48.0 Å². The Labute approximate surface area is 318 Å². The number of benzene rings is 3. The summed E-state index contributed by atoms with van der Waals surface area (Å²) in [6.45, 7) is 3.02. The van der Waals surface area contributed by atoms with Crippen LogP contribution in [0.2, 0.25) is 5.02 Å². The Morgan fingerprint density at radius 2 is 1.68 bits per heavy atom. The molecule has 9 nitrogen and oxygen atoms in total. The molecule has 1 aliphatic carbocycles. The average molecular weight is 753 g/mol. The molecule has 1 aliphatic heterocycles. The van der Waals surface area contributed by atoms with Crippen LogP contribution in [0.3, 0.4) is 0 Å². The summed E-state index contributed by atoms with van der Waals surface area (Å²) in [5, 5.41) is 1.75. The van der Waals surface area contributed by atoms with E-state index in [4.69, 9.17) is 31.5 Å². The third-order valence-electron chi connectivity index (χ3n) is 10.6. The van der Waals surface area contributed by atoms with Crippen LogP contribution in [0.25, 0.3) is 11.1 Å². The van der Waals surface area contributed by atoms with Gasteiger partial charge in [0.25, 0.3) is 5.89 Å². The van der Waals surface area contributed by atoms with E-state index in [1.165, 1.54) is 19.3 Å². The van der Waals surface area contributed by atoms with Gasteiger partial charge in [0.2, 0.25) is 11.7 Å². The highest BCUT2D eigenvalue weighted by molar-refractivity contribution is 7.11. The zero-order chi connectivity index (χ0) is 36.9. The minimum absolute atomic E-state index is 0.0288. The molecule has 276 valence electrons. The summed E-state index contributed by atoms with van der Waals surface area (Å²) >= 11 is 7.78. The Balaban J connectivity index is 1.13. The number of aryl methyl sites for hydroxylation is 1. The van der Waals surface area contributed by atoms with Crippen LogP contribution < -0.4 is 5.73 Å². The number of Topliss-reactive ketones (excluding diaryl/α,β-unsaturated/α-hetero) is 2. The second kappa shape index (κ2) is 16.8. The average Bonchev–Trinajstić information content (AvgIpc) is 3.92. The van der Waals surface area contributed by atoms with Crippen LogP contribution in [0.4, 0.5) is 0 Å². The number of nitrogens with two attached hydrogens (primary N) is 1. The molecule has 2 fully saturated rings. The number of amides is 1. The number of thiazole rings is 1. The zero-order valence-corrected chi connectivity index (χ0v) is 31.5. The predicted molar refractivity (Wildman–Crippen MR) is 206 cm³/mol. The maximum atomic E-state index is 14.5. The molecule has 3 heterocycles. The van der Waals surface area contributed by atoms with Crippen molar-refractivity contribution in [1.82, 2.24) is 14.9 Å². The second-order valence-corrected chi connectivity index (χ2v) is 16.0. The number of aromatic nitrogens is 2. The molecule has 5 aromatic rings. The quantitative estimate of drug-likeness (QED) is 0.113. The van der Waals surface area contributed by atoms with Crippen molar-refractivity contribution in [2.24, 2.45) is 11.7 Å². The molecule has 0 spiro atoms. The smallest absolute Gasteiger partial charge is 0.264 e. The van der Waals surface area contributed by atoms with Crippen molar-refractivity contribution in [2.45, 2.75) is 95.9 Å². The molecule has 0 bridgehead atoms. The third kappa shape index (κ3) is 8.95. The molecule has 53 heavy (non-hydrogen) atoms. The lowest BCUT2D eigenvalue weighted by atomic mass is 9.88. The lowest BCUT2D eigenvalue weighted by molar-refractivity contribution is -0.137. The van der Waals surface area contributed by atoms with E-state index in [2.05, 4.69) is 4.98 Å². The van der Waals surface area contributed by atoms with E-state index >= 15 is 0 Å². The van der Waals surface area contributed by atoms with E-state index in [1.807, 2.05) is 67.6 Å². The molecule has 3 aromatic carbocycles. The Morgan fingerprint density at radius 3 is 2.42 bits per heavy atom. The molecule has 1 saturated heterocycles. The first kappa shape index (κ1) is 37.1. The van der Waals surface area contributed by atoms with Gasteiger partial charge in [-0.1, -0.05) is 79.4 Å². The fourth-order valence-electron chi connectivity index (χ4n) is 7.56. The topological polar surface area (TPSA) is 129 Å². The lowest BCUT2D eigenvalue weighted by Crippen LogP contribution is -2.42. The monoisotopic (exact) mass is 752 g/mol. The summed E-state index contributed by atoms with van der Waals surface area (Å²) < 4.78 is 12.2. The van der Waals surface area contributed by atoms with Gasteiger partial charge in [0.1, 0.15) is 5.52 Å². The number of hydrogen-bond acceptors (Lipinski definition) is 9. The summed E-state index contributed by atoms with van der Waals surface area (Å²) in [7, 11) is 0. The first-order valence-corrected chi connectivity index (χ1v) is 19.8. The van der Waals surface area contributed by atoms with E-state index in [-0.39, 0.29) is 48.9 Å². The van der Waals surface area contributed by atoms with Gasteiger partial charge in [-0.25, -0.2) is 9.97 Å². The molecule has 0 unspecified atom stereocenters. The highest BCUT2D eigenvalue weighted by atomic mass is 35.5. The van der Waals surface area contributed by atoms with Gasteiger partial charge >= 0.3 is 0 Å². The van der Waals surface area contributed by atoms with Gasteiger partial charge in [-0.15, -0.1) is 11.3 Å². The molecule has 2 aliphatic rings. The van der Waals surface area contributed by atoms with E-state index < -0.39 is 12.0 Å². The number of oxazole rings is 1. The van der Waals surface area contributed by atoms with Crippen molar-refractivity contribution in [3.8, 4) is 0 Å². The number of hydrogen-bond donors (Lipinski definition) is 1. The number of rotatable bonds is 14. The largest absolute Gasteiger partial charge is 0.434 e. The molecule has 1 saturated carbocycles. The van der Waals surface area contributed by atoms with Crippen LogP contribution in [0.1, 0.15) is 93.8 Å². The number of halogens is 1. The fraction of sp³-hybridized carbons (Fsp3) is 0.405. The van der Waals surface area contributed by atoms with Gasteiger partial charge in [0, 0.05) is 47.7 Å². The molecular weight excluding hydrogens is 708 g/mol. The Bertz CT molecular complexity index is 2020. The minimum atomic E-state index is -0.760. The van der Waals surface area contributed by atoms with E-state index in [9.17, 15) is 14.4 Å². The molecule has 7 rings (SSSR count). The van der Waals surface area contributed by atoms with E-state index in [1.54, 1.807) is 28.4 Å². The van der Waals surface area contributed by atoms with Crippen LogP contribution in [-0.4, -0.2) is 51.0 Å². The summed E-state index contributed by atoms with van der Waals surface area (Å²) in [5.41, 5.74) is 10.5. The number of carbonyl (C=O) groups excluding carboxylic acids is 3. The van der Waals surface area contributed by atoms with Crippen LogP contribution in [0.5, 0.6) is 0 Å². The van der Waals surface area contributed by atoms with Crippen molar-refractivity contribution in [2.75, 3.05) is 6.54 Å². The van der Waals surface area contributed by atoms with Crippen LogP contribution >= 0.6 is 22.9 Å². The minimum Gasteiger partial charge on any atom is -0.434 e. The molecular formula is C42H45ClN4O5S. The first-order valence-electron chi connectivity index (χ1n) is 18.6. The second-order valence-electron chi connectivity index (χ2n) is 14.4. The maximum absolute atomic E-state index is 14.5. The summed E-state index contributed by atoms with van der Waals surface area (Å²) in [6.07, 6.45) is 6.24. The maximum Gasteiger partial charge on any atom is 0.264 e. The summed E-state index contributed by atoms with van der Waals surface area (Å²) in [5.74, 6) is -1.05. The Morgan fingerprint density at radius 1 is 0.962 bits per heavy atom. The van der Waals surface area contributed by atoms with Gasteiger partial charge in [0.15, 0.2) is 11.4 Å². The molecule has 3 atom stereocenters. The number of carbonyl (C=O) groups is 3. The number of para-hydroxylation sites is 2. The Hall–Kier alpha value is -4.22. The SMILES string of the molecule is Cc1sc(C2CCCCC2)nc1CC(=O)N1C[C@H](OCc2ccc(Cl)cc2)C[C@H]1C(=O)C[C@@H](Cc1ccc(CN)cc1)C(=O)c1nc2ccccc2o1. The first-order chi connectivity index (χ1) is 25.7. The molecule has 2 N–H and O–H groups in total. The predicted octanol–water partition coefficient (Wildman–Crippen LogP) is 8.18. The summed E-state index contributed by atoms with van der Waals surface area (Å²) in [6, 6.07) is 21.6. The van der Waals surface area contributed by atoms with Crippen LogP contribution in [0.15, 0.2) is 77.2 Å². The van der Waals surface area contributed by atoms with Crippen LogP contribution in [0, 0.1) is 12.8 Å². The highest BCUT2D eigenvalue weighted by Crippen LogP contribution is 2.36. The summed E-state index contributed by atoms with van der Waals surface area (Å²) in [4.78, 5) is 54.9. The van der Waals surface area contributed by atoms with Crippen molar-refractivity contribution >= 4 is 51.5 Å². The zero-order valence-electron chi connectivity index (χ0n) is 30.0. The number of fused-ring (bicyclic) bond motifs is 1. The van der Waals surface area contributed by atoms with E-state index in [0.717, 1.165) is 45.1 Å². The Kier molecular flexibility index (Phi) is 11.8. The normalized spacial score (nSPS) is 18.4. The van der Waals surface area contributed by atoms with Crippen molar-refractivity contribution in [3.63, 3.8) is 0 Å². The van der Waals surface area contributed by atoms with Gasteiger partial charge in [-0.3, -0.25) is 14.4 Å².